The monoisotopic (exact) mass is 278 g/mol. The van der Waals surface area contributed by atoms with Gasteiger partial charge < -0.3 is 15.4 Å². The fourth-order valence-electron chi connectivity index (χ4n) is 2.78. The summed E-state index contributed by atoms with van der Waals surface area (Å²) in [4.78, 5) is 10.7. The number of nitrogens with two attached hydrogens (primary N) is 1. The summed E-state index contributed by atoms with van der Waals surface area (Å²) in [6.07, 6.45) is 10.2. The lowest BCUT2D eigenvalue weighted by molar-refractivity contribution is 0.306. The van der Waals surface area contributed by atoms with Crippen LogP contribution in [0.25, 0.3) is 0 Å². The molecule has 0 amide bonds. The highest BCUT2D eigenvalue weighted by Crippen LogP contribution is 2.31. The SMILES string of the molecule is CCCOc1ncnc(N(C)C2CCCCCC2)c1N. The highest BCUT2D eigenvalue weighted by atomic mass is 16.5. The number of hydrogen-bond donors (Lipinski definition) is 1. The van der Waals surface area contributed by atoms with E-state index in [0.717, 1.165) is 12.2 Å². The van der Waals surface area contributed by atoms with Crippen molar-refractivity contribution in [2.75, 3.05) is 24.3 Å². The van der Waals surface area contributed by atoms with Gasteiger partial charge in [-0.1, -0.05) is 32.6 Å². The Morgan fingerprint density at radius 2 is 1.95 bits per heavy atom. The van der Waals surface area contributed by atoms with Gasteiger partial charge in [-0.05, 0) is 19.3 Å². The number of aromatic nitrogens is 2. The topological polar surface area (TPSA) is 64.3 Å². The van der Waals surface area contributed by atoms with Gasteiger partial charge in [-0.25, -0.2) is 4.98 Å². The summed E-state index contributed by atoms with van der Waals surface area (Å²) >= 11 is 0. The molecule has 5 heteroatoms. The van der Waals surface area contributed by atoms with Crippen molar-refractivity contribution in [3.63, 3.8) is 0 Å². The third-order valence-corrected chi connectivity index (χ3v) is 3.98. The largest absolute Gasteiger partial charge is 0.476 e. The van der Waals surface area contributed by atoms with Crippen LogP contribution < -0.4 is 15.4 Å². The van der Waals surface area contributed by atoms with E-state index in [1.807, 2.05) is 0 Å². The van der Waals surface area contributed by atoms with Crippen molar-refractivity contribution in [3.05, 3.63) is 6.33 Å². The Morgan fingerprint density at radius 1 is 1.25 bits per heavy atom. The fourth-order valence-corrected chi connectivity index (χ4v) is 2.78. The van der Waals surface area contributed by atoms with Gasteiger partial charge in [0.15, 0.2) is 5.82 Å². The van der Waals surface area contributed by atoms with Gasteiger partial charge in [0.25, 0.3) is 0 Å². The molecule has 2 N–H and O–H groups in total. The molecule has 1 aliphatic carbocycles. The average Bonchev–Trinajstić information content (AvgIpc) is 2.74. The molecule has 0 radical (unpaired) electrons. The van der Waals surface area contributed by atoms with E-state index in [4.69, 9.17) is 10.5 Å². The molecule has 0 aromatic carbocycles. The van der Waals surface area contributed by atoms with Crippen LogP contribution in [0, 0.1) is 0 Å². The van der Waals surface area contributed by atoms with Crippen LogP contribution >= 0.6 is 0 Å². The maximum Gasteiger partial charge on any atom is 0.242 e. The third-order valence-electron chi connectivity index (χ3n) is 3.98. The molecule has 112 valence electrons. The second-order valence-electron chi connectivity index (χ2n) is 5.52. The van der Waals surface area contributed by atoms with Crippen LogP contribution in [-0.2, 0) is 0 Å². The maximum atomic E-state index is 6.18. The van der Waals surface area contributed by atoms with E-state index in [2.05, 4.69) is 28.8 Å². The van der Waals surface area contributed by atoms with E-state index in [1.165, 1.54) is 38.5 Å². The number of anilines is 2. The van der Waals surface area contributed by atoms with Gasteiger partial charge >= 0.3 is 0 Å². The highest BCUT2D eigenvalue weighted by Gasteiger charge is 2.21. The molecule has 2 rings (SSSR count). The van der Waals surface area contributed by atoms with Crippen LogP contribution in [-0.4, -0.2) is 29.7 Å². The van der Waals surface area contributed by atoms with E-state index in [0.29, 0.717) is 24.2 Å². The molecule has 0 spiro atoms. The molecule has 0 aliphatic heterocycles. The van der Waals surface area contributed by atoms with E-state index in [-0.39, 0.29) is 0 Å². The van der Waals surface area contributed by atoms with E-state index in [1.54, 1.807) is 6.33 Å². The van der Waals surface area contributed by atoms with E-state index >= 15 is 0 Å². The second kappa shape index (κ2) is 7.31. The van der Waals surface area contributed by atoms with Crippen molar-refractivity contribution < 1.29 is 4.74 Å². The molecule has 0 bridgehead atoms. The van der Waals surface area contributed by atoms with Crippen LogP contribution in [0.5, 0.6) is 5.88 Å². The van der Waals surface area contributed by atoms with Crippen molar-refractivity contribution in [1.82, 2.24) is 9.97 Å². The van der Waals surface area contributed by atoms with Crippen LogP contribution in [0.3, 0.4) is 0 Å². The minimum absolute atomic E-state index is 0.511. The Kier molecular flexibility index (Phi) is 5.44. The summed E-state index contributed by atoms with van der Waals surface area (Å²) in [5.74, 6) is 1.32. The number of hydrogen-bond acceptors (Lipinski definition) is 5. The van der Waals surface area contributed by atoms with Gasteiger partial charge in [0.2, 0.25) is 5.88 Å². The Bertz CT molecular complexity index is 416. The molecule has 1 fully saturated rings. The Labute approximate surface area is 121 Å². The molecule has 1 saturated carbocycles. The van der Waals surface area contributed by atoms with Gasteiger partial charge in [-0.15, -0.1) is 0 Å². The minimum atomic E-state index is 0.511. The summed E-state index contributed by atoms with van der Waals surface area (Å²) in [6, 6.07) is 0.522. The fraction of sp³-hybridized carbons (Fsp3) is 0.733. The molecule has 0 saturated heterocycles. The predicted molar refractivity (Wildman–Crippen MR) is 82.1 cm³/mol. The summed E-state index contributed by atoms with van der Waals surface area (Å²) in [6.45, 7) is 2.70. The molecular weight excluding hydrogens is 252 g/mol. The van der Waals surface area contributed by atoms with Gasteiger partial charge in [0.1, 0.15) is 12.0 Å². The van der Waals surface area contributed by atoms with E-state index in [9.17, 15) is 0 Å². The lowest BCUT2D eigenvalue weighted by Gasteiger charge is -2.29. The standard InChI is InChI=1S/C15H26N4O/c1-3-10-20-15-13(16)14(17-11-18-15)19(2)12-8-6-4-5-7-9-12/h11-12H,3-10,16H2,1-2H3. The van der Waals surface area contributed by atoms with Crippen molar-refractivity contribution in [2.24, 2.45) is 0 Å². The molecule has 1 aromatic rings. The molecule has 1 aromatic heterocycles. The third kappa shape index (κ3) is 3.52. The number of nitrogen functional groups attached to an aromatic ring is 1. The quantitative estimate of drug-likeness (QED) is 0.839. The zero-order valence-corrected chi connectivity index (χ0v) is 12.6. The summed E-state index contributed by atoms with van der Waals surface area (Å²) in [5.41, 5.74) is 6.74. The Hall–Kier alpha value is -1.52. The molecular formula is C15H26N4O. The van der Waals surface area contributed by atoms with Gasteiger partial charge in [0.05, 0.1) is 6.61 Å². The Morgan fingerprint density at radius 3 is 2.60 bits per heavy atom. The molecule has 1 aliphatic rings. The Balaban J connectivity index is 2.13. The van der Waals surface area contributed by atoms with Gasteiger partial charge in [0, 0.05) is 13.1 Å². The highest BCUT2D eigenvalue weighted by molar-refractivity contribution is 5.67. The van der Waals surface area contributed by atoms with Crippen LogP contribution in [0.1, 0.15) is 51.9 Å². The second-order valence-corrected chi connectivity index (χ2v) is 5.52. The van der Waals surface area contributed by atoms with Crippen molar-refractivity contribution in [1.29, 1.82) is 0 Å². The lowest BCUT2D eigenvalue weighted by Crippen LogP contribution is -2.32. The van der Waals surface area contributed by atoms with Crippen molar-refractivity contribution in [3.8, 4) is 5.88 Å². The van der Waals surface area contributed by atoms with Crippen LogP contribution in [0.15, 0.2) is 6.33 Å². The molecule has 20 heavy (non-hydrogen) atoms. The van der Waals surface area contributed by atoms with Crippen molar-refractivity contribution >= 4 is 11.5 Å². The molecule has 0 unspecified atom stereocenters. The summed E-state index contributed by atoms with van der Waals surface area (Å²) in [7, 11) is 2.08. The predicted octanol–water partition coefficient (Wildman–Crippen LogP) is 3.01. The zero-order valence-electron chi connectivity index (χ0n) is 12.6. The lowest BCUT2D eigenvalue weighted by atomic mass is 10.1. The summed E-state index contributed by atoms with van der Waals surface area (Å²) in [5, 5.41) is 0. The molecule has 1 heterocycles. The first-order valence-electron chi connectivity index (χ1n) is 7.70. The summed E-state index contributed by atoms with van der Waals surface area (Å²) < 4.78 is 5.59. The van der Waals surface area contributed by atoms with Crippen LogP contribution in [0.4, 0.5) is 11.5 Å². The van der Waals surface area contributed by atoms with Crippen molar-refractivity contribution in [2.45, 2.75) is 57.9 Å². The van der Waals surface area contributed by atoms with Gasteiger partial charge in [-0.3, -0.25) is 0 Å². The van der Waals surface area contributed by atoms with Gasteiger partial charge in [-0.2, -0.15) is 4.98 Å². The van der Waals surface area contributed by atoms with Crippen LogP contribution in [0.2, 0.25) is 0 Å². The number of nitrogens with zero attached hydrogens (tertiary/aromatic N) is 3. The normalized spacial score (nSPS) is 16.7. The maximum absolute atomic E-state index is 6.18. The first-order chi connectivity index (χ1) is 9.74. The first kappa shape index (κ1) is 14.9. The first-order valence-corrected chi connectivity index (χ1v) is 7.70. The number of ether oxygens (including phenoxy) is 1. The zero-order chi connectivity index (χ0) is 14.4. The smallest absolute Gasteiger partial charge is 0.242 e. The number of rotatable bonds is 5. The minimum Gasteiger partial charge on any atom is -0.476 e. The average molecular weight is 278 g/mol. The molecule has 5 nitrogen and oxygen atoms in total. The van der Waals surface area contributed by atoms with E-state index < -0.39 is 0 Å². The molecule has 0 atom stereocenters.